The average molecular weight is 266 g/mol. The molecule has 5 heteroatoms. The molecule has 0 aromatic carbocycles. The highest BCUT2D eigenvalue weighted by Crippen LogP contribution is 2.31. The number of carbonyl (C=O) groups excluding carboxylic acids is 1. The predicted molar refractivity (Wildman–Crippen MR) is 70.3 cm³/mol. The molecular formula is C13H18N2O2S. The summed E-state index contributed by atoms with van der Waals surface area (Å²) in [5.41, 5.74) is 1.20. The molecule has 2 aliphatic rings. The molecule has 0 spiro atoms. The first kappa shape index (κ1) is 12.1. The third-order valence-electron chi connectivity index (χ3n) is 3.75. The summed E-state index contributed by atoms with van der Waals surface area (Å²) >= 11 is 1.67. The van der Waals surface area contributed by atoms with E-state index in [1.165, 1.54) is 5.56 Å². The van der Waals surface area contributed by atoms with Crippen LogP contribution in [0.4, 0.5) is 0 Å². The van der Waals surface area contributed by atoms with Crippen LogP contribution in [0.2, 0.25) is 0 Å². The Hall–Kier alpha value is -0.910. The highest BCUT2D eigenvalue weighted by molar-refractivity contribution is 7.07. The van der Waals surface area contributed by atoms with Gasteiger partial charge in [-0.25, -0.2) is 0 Å². The minimum Gasteiger partial charge on any atom is -0.381 e. The van der Waals surface area contributed by atoms with Crippen LogP contribution in [0.25, 0.3) is 0 Å². The number of hydrogen-bond donors (Lipinski definition) is 1. The smallest absolute Gasteiger partial charge is 0.241 e. The number of thiophene rings is 1. The monoisotopic (exact) mass is 266 g/mol. The molecule has 0 saturated carbocycles. The van der Waals surface area contributed by atoms with E-state index in [0.29, 0.717) is 6.04 Å². The van der Waals surface area contributed by atoms with E-state index in [1.807, 2.05) is 11.8 Å². The van der Waals surface area contributed by atoms with Gasteiger partial charge in [0.2, 0.25) is 5.91 Å². The summed E-state index contributed by atoms with van der Waals surface area (Å²) in [7, 11) is 0. The van der Waals surface area contributed by atoms with Crippen LogP contribution in [-0.4, -0.2) is 36.1 Å². The summed E-state index contributed by atoms with van der Waals surface area (Å²) in [6.45, 7) is 3.47. The van der Waals surface area contributed by atoms with Gasteiger partial charge in [-0.15, -0.1) is 0 Å². The van der Waals surface area contributed by atoms with Crippen LogP contribution in [0.15, 0.2) is 16.8 Å². The van der Waals surface area contributed by atoms with Gasteiger partial charge in [-0.05, 0) is 42.2 Å². The fourth-order valence-corrected chi connectivity index (χ4v) is 3.46. The van der Waals surface area contributed by atoms with E-state index in [0.717, 1.165) is 26.1 Å². The van der Waals surface area contributed by atoms with Gasteiger partial charge >= 0.3 is 0 Å². The molecule has 0 bridgehead atoms. The Morgan fingerprint density at radius 2 is 2.22 bits per heavy atom. The Balaban J connectivity index is 1.85. The maximum atomic E-state index is 12.3. The van der Waals surface area contributed by atoms with Crippen LogP contribution in [0.3, 0.4) is 0 Å². The zero-order chi connectivity index (χ0) is 12.5. The Morgan fingerprint density at radius 1 is 1.44 bits per heavy atom. The van der Waals surface area contributed by atoms with E-state index in [4.69, 9.17) is 4.74 Å². The first-order valence-corrected chi connectivity index (χ1v) is 7.39. The van der Waals surface area contributed by atoms with Crippen molar-refractivity contribution >= 4 is 17.2 Å². The van der Waals surface area contributed by atoms with Crippen LogP contribution in [0, 0.1) is 0 Å². The molecule has 3 heterocycles. The molecule has 2 atom stereocenters. The van der Waals surface area contributed by atoms with E-state index < -0.39 is 0 Å². The second-order valence-corrected chi connectivity index (χ2v) is 5.72. The van der Waals surface area contributed by atoms with Crippen molar-refractivity contribution in [2.75, 3.05) is 13.2 Å². The topological polar surface area (TPSA) is 41.6 Å². The van der Waals surface area contributed by atoms with E-state index in [9.17, 15) is 4.79 Å². The Morgan fingerprint density at radius 3 is 2.89 bits per heavy atom. The molecule has 1 N–H and O–H groups in total. The normalized spacial score (nSPS) is 30.1. The van der Waals surface area contributed by atoms with E-state index >= 15 is 0 Å². The number of carbonyl (C=O) groups is 1. The van der Waals surface area contributed by atoms with Gasteiger partial charge in [-0.1, -0.05) is 0 Å². The third kappa shape index (κ3) is 2.06. The summed E-state index contributed by atoms with van der Waals surface area (Å²) in [4.78, 5) is 14.4. The van der Waals surface area contributed by atoms with Gasteiger partial charge in [-0.2, -0.15) is 11.3 Å². The number of ether oxygens (including phenoxy) is 1. The third-order valence-corrected chi connectivity index (χ3v) is 4.46. The molecule has 0 aliphatic carbocycles. The highest BCUT2D eigenvalue weighted by Gasteiger charge is 2.41. The lowest BCUT2D eigenvalue weighted by molar-refractivity contribution is -0.134. The van der Waals surface area contributed by atoms with Crippen molar-refractivity contribution in [3.8, 4) is 0 Å². The first-order valence-electron chi connectivity index (χ1n) is 6.45. The second kappa shape index (κ2) is 4.99. The summed E-state index contributed by atoms with van der Waals surface area (Å²) in [5.74, 6) is 0.220. The van der Waals surface area contributed by atoms with Crippen molar-refractivity contribution in [3.05, 3.63) is 22.4 Å². The van der Waals surface area contributed by atoms with Gasteiger partial charge in [0.15, 0.2) is 0 Å². The van der Waals surface area contributed by atoms with Crippen molar-refractivity contribution in [2.45, 2.75) is 38.0 Å². The maximum absolute atomic E-state index is 12.3. The van der Waals surface area contributed by atoms with Crippen molar-refractivity contribution in [1.82, 2.24) is 10.2 Å². The standard InChI is InChI=1S/C13H18N2O2S/c1-9-13(16)15(11-2-5-17-6-3-11)12(14-9)10-4-7-18-8-10/h4,7-9,11-12,14H,2-3,5-6H2,1H3. The number of amides is 1. The molecule has 0 radical (unpaired) electrons. The molecule has 2 saturated heterocycles. The summed E-state index contributed by atoms with van der Waals surface area (Å²) in [6.07, 6.45) is 1.93. The van der Waals surface area contributed by atoms with Crippen LogP contribution in [-0.2, 0) is 9.53 Å². The average Bonchev–Trinajstić information content (AvgIpc) is 3.00. The number of nitrogens with one attached hydrogen (secondary N) is 1. The van der Waals surface area contributed by atoms with Crippen molar-refractivity contribution < 1.29 is 9.53 Å². The molecule has 2 aliphatic heterocycles. The molecule has 1 amide bonds. The van der Waals surface area contributed by atoms with E-state index in [-0.39, 0.29) is 18.1 Å². The minimum absolute atomic E-state index is 0.0434. The first-order chi connectivity index (χ1) is 8.77. The van der Waals surface area contributed by atoms with Gasteiger partial charge in [-0.3, -0.25) is 10.1 Å². The lowest BCUT2D eigenvalue weighted by Gasteiger charge is -2.34. The number of nitrogens with zero attached hydrogens (tertiary/aromatic N) is 1. The fraction of sp³-hybridized carbons (Fsp3) is 0.615. The molecule has 1 aromatic rings. The highest BCUT2D eigenvalue weighted by atomic mass is 32.1. The number of rotatable bonds is 2. The molecule has 2 unspecified atom stereocenters. The van der Waals surface area contributed by atoms with Gasteiger partial charge in [0.25, 0.3) is 0 Å². The zero-order valence-electron chi connectivity index (χ0n) is 10.5. The second-order valence-electron chi connectivity index (χ2n) is 4.94. The van der Waals surface area contributed by atoms with Crippen molar-refractivity contribution in [1.29, 1.82) is 0 Å². The molecule has 98 valence electrons. The van der Waals surface area contributed by atoms with Crippen molar-refractivity contribution in [2.24, 2.45) is 0 Å². The molecule has 18 heavy (non-hydrogen) atoms. The predicted octanol–water partition coefficient (Wildman–Crippen LogP) is 1.75. The maximum Gasteiger partial charge on any atom is 0.241 e. The summed E-state index contributed by atoms with van der Waals surface area (Å²) in [5, 5.41) is 7.58. The van der Waals surface area contributed by atoms with Crippen LogP contribution in [0.1, 0.15) is 31.5 Å². The Kier molecular flexibility index (Phi) is 3.37. The molecule has 4 nitrogen and oxygen atoms in total. The van der Waals surface area contributed by atoms with E-state index in [2.05, 4.69) is 22.1 Å². The molecule has 1 aromatic heterocycles. The largest absolute Gasteiger partial charge is 0.381 e. The number of hydrogen-bond acceptors (Lipinski definition) is 4. The van der Waals surface area contributed by atoms with Crippen LogP contribution < -0.4 is 5.32 Å². The fourth-order valence-electron chi connectivity index (χ4n) is 2.78. The quantitative estimate of drug-likeness (QED) is 0.886. The molecular weight excluding hydrogens is 248 g/mol. The SMILES string of the molecule is CC1NC(c2ccsc2)N(C2CCOCC2)C1=O. The van der Waals surface area contributed by atoms with Gasteiger partial charge in [0, 0.05) is 19.3 Å². The van der Waals surface area contributed by atoms with Gasteiger partial charge < -0.3 is 9.64 Å². The van der Waals surface area contributed by atoms with Crippen molar-refractivity contribution in [3.63, 3.8) is 0 Å². The van der Waals surface area contributed by atoms with Gasteiger partial charge in [0.1, 0.15) is 6.17 Å². The van der Waals surface area contributed by atoms with Crippen LogP contribution in [0.5, 0.6) is 0 Å². The van der Waals surface area contributed by atoms with Crippen LogP contribution >= 0.6 is 11.3 Å². The lowest BCUT2D eigenvalue weighted by atomic mass is 10.1. The summed E-state index contributed by atoms with van der Waals surface area (Å²) in [6, 6.07) is 2.33. The molecule has 3 rings (SSSR count). The zero-order valence-corrected chi connectivity index (χ0v) is 11.3. The van der Waals surface area contributed by atoms with Gasteiger partial charge in [0.05, 0.1) is 6.04 Å². The Labute approximate surface area is 111 Å². The Bertz CT molecular complexity index is 415. The lowest BCUT2D eigenvalue weighted by Crippen LogP contribution is -2.43. The molecule has 2 fully saturated rings. The van der Waals surface area contributed by atoms with E-state index in [1.54, 1.807) is 11.3 Å². The minimum atomic E-state index is -0.0854. The summed E-state index contributed by atoms with van der Waals surface area (Å²) < 4.78 is 5.39.